The summed E-state index contributed by atoms with van der Waals surface area (Å²) >= 11 is 0. The van der Waals surface area contributed by atoms with Gasteiger partial charge in [0.1, 0.15) is 28.8 Å². The number of ether oxygens (including phenoxy) is 3. The fraction of sp³-hybridized carbons (Fsp3) is 0.412. The molecule has 4 aromatic carbocycles. The molecule has 0 bridgehead atoms. The number of fused-ring (bicyclic) bond motifs is 4. The van der Waals surface area contributed by atoms with Crippen LogP contribution < -0.4 is 9.47 Å². The molecule has 2 aliphatic carbocycles. The lowest BCUT2D eigenvalue weighted by Crippen LogP contribution is -2.70. The summed E-state index contributed by atoms with van der Waals surface area (Å²) in [5, 5.41) is 27.6. The van der Waals surface area contributed by atoms with E-state index in [1.807, 2.05) is 62.4 Å². The molecule has 2 heterocycles. The van der Waals surface area contributed by atoms with E-state index in [0.717, 1.165) is 53.0 Å². The Hall–Kier alpha value is -5.11. The van der Waals surface area contributed by atoms with Crippen LogP contribution in [0, 0.1) is 17.8 Å². The van der Waals surface area contributed by atoms with E-state index in [9.17, 15) is 10.2 Å². The Morgan fingerprint density at radius 2 is 1.65 bits per heavy atom. The molecule has 0 spiro atoms. The van der Waals surface area contributed by atoms with Crippen LogP contribution in [0.25, 0.3) is 21.7 Å². The van der Waals surface area contributed by atoms with Crippen molar-refractivity contribution in [3.63, 3.8) is 0 Å². The number of para-hydroxylation sites is 1. The molecule has 0 saturated heterocycles. The van der Waals surface area contributed by atoms with Crippen molar-refractivity contribution in [1.82, 2.24) is 9.29 Å². The van der Waals surface area contributed by atoms with Crippen LogP contribution in [-0.4, -0.2) is 78.4 Å². The van der Waals surface area contributed by atoms with Crippen molar-refractivity contribution in [2.75, 3.05) is 33.0 Å². The maximum absolute atomic E-state index is 15.5. The van der Waals surface area contributed by atoms with E-state index in [-0.39, 0.29) is 55.4 Å². The van der Waals surface area contributed by atoms with Crippen LogP contribution in [-0.2, 0) is 19.6 Å². The van der Waals surface area contributed by atoms with Gasteiger partial charge in [0.05, 0.1) is 29.8 Å². The number of sulfonamides is 1. The minimum absolute atomic E-state index is 0.0138. The first-order valence-electron chi connectivity index (χ1n) is 22.5. The Kier molecular flexibility index (Phi) is 13.9. The topological polar surface area (TPSA) is 140 Å². The molecule has 1 aliphatic heterocycles. The van der Waals surface area contributed by atoms with Crippen LogP contribution >= 0.6 is 0 Å². The van der Waals surface area contributed by atoms with Crippen LogP contribution in [0.4, 0.5) is 0 Å². The lowest BCUT2D eigenvalue weighted by molar-refractivity contribution is -0.251. The van der Waals surface area contributed by atoms with Gasteiger partial charge < -0.3 is 29.3 Å². The fourth-order valence-corrected chi connectivity index (χ4v) is 12.2. The van der Waals surface area contributed by atoms with Crippen LogP contribution in [0.2, 0.25) is 0 Å². The number of oxime groups is 1. The molecule has 63 heavy (non-hydrogen) atoms. The molecule has 5 aromatic rings. The van der Waals surface area contributed by atoms with Gasteiger partial charge in [-0.25, -0.2) is 8.42 Å². The first-order valence-corrected chi connectivity index (χ1v) is 23.9. The molecule has 0 radical (unpaired) electrons. The predicted octanol–water partition coefficient (Wildman–Crippen LogP) is 9.93. The molecular weight excluding hydrogens is 815 g/mol. The second-order valence-electron chi connectivity index (χ2n) is 16.7. The lowest BCUT2D eigenvalue weighted by atomic mass is 9.55. The molecule has 11 nitrogen and oxygen atoms in total. The minimum atomic E-state index is -4.26. The maximum Gasteiger partial charge on any atom is 0.245 e. The number of hydrogen-bond acceptors (Lipinski definition) is 10. The number of allylic oxidation sites excluding steroid dienone is 1. The molecule has 1 saturated carbocycles. The van der Waals surface area contributed by atoms with Crippen LogP contribution in [0.5, 0.6) is 17.2 Å². The van der Waals surface area contributed by atoms with E-state index < -0.39 is 27.8 Å². The van der Waals surface area contributed by atoms with Gasteiger partial charge in [-0.2, -0.15) is 4.31 Å². The van der Waals surface area contributed by atoms with Crippen molar-refractivity contribution in [1.29, 1.82) is 0 Å². The second-order valence-corrected chi connectivity index (χ2v) is 18.6. The first kappa shape index (κ1) is 44.5. The molecule has 8 rings (SSSR count). The summed E-state index contributed by atoms with van der Waals surface area (Å²) in [7, 11) is -4.26. The van der Waals surface area contributed by atoms with Gasteiger partial charge in [0.2, 0.25) is 15.8 Å². The highest BCUT2D eigenvalue weighted by atomic mass is 32.2. The van der Waals surface area contributed by atoms with Gasteiger partial charge in [-0.05, 0) is 110 Å². The summed E-state index contributed by atoms with van der Waals surface area (Å²) in [4.78, 5) is 10.6. The average Bonchev–Trinajstić information content (AvgIpc) is 3.30. The summed E-state index contributed by atoms with van der Waals surface area (Å²) in [6.45, 7) is 8.65. The highest BCUT2D eigenvalue weighted by Gasteiger charge is 2.66. The van der Waals surface area contributed by atoms with Gasteiger partial charge in [-0.3, -0.25) is 4.98 Å². The number of nitrogens with zero attached hydrogens (tertiary/aromatic N) is 3. The van der Waals surface area contributed by atoms with Gasteiger partial charge >= 0.3 is 0 Å². The minimum Gasteiger partial charge on any atom is -0.460 e. The Morgan fingerprint density at radius 1 is 0.905 bits per heavy atom. The molecule has 12 heteroatoms. The number of unbranched alkanes of at least 4 members (excludes halogenated alkanes) is 2. The normalized spacial score (nSPS) is 23.5. The maximum atomic E-state index is 15.5. The highest BCUT2D eigenvalue weighted by Crippen LogP contribution is 2.62. The SMILES string of the molecule is C=CCO[C@@]12Oc3ccc(Oc4ccc5ccccc5c4)cc3[C@H]3[C@H](CCCCO)[C@@H](CCCCO)C=C(C(=NOCC)C[C@@H]1N(CCC)S(=O)(=O)c1cccc4cccnc14)[C@H]32. The van der Waals surface area contributed by atoms with E-state index in [1.165, 1.54) is 0 Å². The van der Waals surface area contributed by atoms with Crippen molar-refractivity contribution in [3.05, 3.63) is 127 Å². The number of rotatable bonds is 20. The largest absolute Gasteiger partial charge is 0.460 e. The summed E-state index contributed by atoms with van der Waals surface area (Å²) < 4.78 is 53.7. The van der Waals surface area contributed by atoms with E-state index in [0.29, 0.717) is 54.3 Å². The predicted molar refractivity (Wildman–Crippen MR) is 247 cm³/mol. The number of benzene rings is 4. The van der Waals surface area contributed by atoms with Crippen molar-refractivity contribution in [2.45, 2.75) is 87.9 Å². The molecular formula is C51H59N3O8S. The summed E-state index contributed by atoms with van der Waals surface area (Å²) in [5.41, 5.74) is 2.88. The van der Waals surface area contributed by atoms with E-state index >= 15 is 8.42 Å². The fourth-order valence-electron chi connectivity index (χ4n) is 10.3. The van der Waals surface area contributed by atoms with Gasteiger partial charge in [0.25, 0.3) is 0 Å². The highest BCUT2D eigenvalue weighted by molar-refractivity contribution is 7.89. The standard InChI is InChI=1S/C51H59N3O8S/c1-4-27-54(63(57,58)46-21-13-18-36-19-14-26-52-50(36)46)47-34-44(53-60-6-3)42-32-38(17-9-11-28-55)41(20-10-12-29-56)48-43-33-40(61-39-23-22-35-15-7-8-16-37(35)31-39)24-25-45(43)62-51(47,49(42)48)59-30-5-2/h5,7-8,13-16,18-19,21-26,31-33,38,41,47-49,55-56H,2,4,6,9-12,17,20,27-30,34H2,1,3H3/t38-,41+,47-,48+,49+,51+/m0/s1. The number of aliphatic hydroxyl groups is 2. The molecule has 2 N–H and O–H groups in total. The molecule has 1 aromatic heterocycles. The van der Waals surface area contributed by atoms with Gasteiger partial charge in [0, 0.05) is 49.2 Å². The number of aliphatic hydroxyl groups excluding tert-OH is 2. The molecule has 1 fully saturated rings. The third-order valence-electron chi connectivity index (χ3n) is 12.9. The molecule has 332 valence electrons. The van der Waals surface area contributed by atoms with Gasteiger partial charge in [-0.1, -0.05) is 85.6 Å². The zero-order valence-electron chi connectivity index (χ0n) is 36.3. The molecule has 0 unspecified atom stereocenters. The first-order chi connectivity index (χ1) is 30.8. The molecule has 3 aliphatic rings. The Bertz CT molecular complexity index is 2570. The smallest absolute Gasteiger partial charge is 0.245 e. The number of hydrogen-bond donors (Lipinski definition) is 2. The van der Waals surface area contributed by atoms with E-state index in [1.54, 1.807) is 34.8 Å². The zero-order valence-corrected chi connectivity index (χ0v) is 37.1. The van der Waals surface area contributed by atoms with Crippen molar-refractivity contribution in [2.24, 2.45) is 22.9 Å². The monoisotopic (exact) mass is 873 g/mol. The van der Waals surface area contributed by atoms with Crippen molar-refractivity contribution >= 4 is 37.4 Å². The van der Waals surface area contributed by atoms with E-state index in [4.69, 9.17) is 24.2 Å². The quantitative estimate of drug-likeness (QED) is 0.0444. The number of pyridine rings is 1. The molecule has 0 amide bonds. The van der Waals surface area contributed by atoms with Gasteiger partial charge in [-0.15, -0.1) is 6.58 Å². The average molecular weight is 874 g/mol. The third kappa shape index (κ3) is 8.76. The number of aromatic nitrogens is 1. The van der Waals surface area contributed by atoms with Crippen LogP contribution in [0.15, 0.2) is 132 Å². The van der Waals surface area contributed by atoms with Crippen molar-refractivity contribution in [3.8, 4) is 17.2 Å². The third-order valence-corrected chi connectivity index (χ3v) is 14.8. The van der Waals surface area contributed by atoms with Gasteiger partial charge in [0.15, 0.2) is 0 Å². The van der Waals surface area contributed by atoms with E-state index in [2.05, 4.69) is 41.9 Å². The van der Waals surface area contributed by atoms with Crippen LogP contribution in [0.3, 0.4) is 0 Å². The zero-order chi connectivity index (χ0) is 44.0. The summed E-state index contributed by atoms with van der Waals surface area (Å²) in [6, 6.07) is 28.1. The molecule has 6 atom stereocenters. The summed E-state index contributed by atoms with van der Waals surface area (Å²) in [6.07, 6.45) is 10.8. The van der Waals surface area contributed by atoms with Crippen molar-refractivity contribution < 1.29 is 37.7 Å². The summed E-state index contributed by atoms with van der Waals surface area (Å²) in [5.74, 6) is -0.362. The van der Waals surface area contributed by atoms with Crippen LogP contribution in [0.1, 0.15) is 76.7 Å². The Balaban J connectivity index is 1.35. The second kappa shape index (κ2) is 19.7. The Morgan fingerprint density at radius 3 is 2.43 bits per heavy atom. The lowest BCUT2D eigenvalue weighted by Gasteiger charge is -2.59. The Labute approximate surface area is 371 Å².